The molecule has 0 bridgehead atoms. The first-order chi connectivity index (χ1) is 12.6. The topological polar surface area (TPSA) is 52.0 Å². The van der Waals surface area contributed by atoms with Gasteiger partial charge in [-0.2, -0.15) is 0 Å². The number of hydrogen-bond donors (Lipinski definition) is 2. The van der Waals surface area contributed by atoms with Gasteiger partial charge in [0.05, 0.1) is 26.8 Å². The fourth-order valence-corrected chi connectivity index (χ4v) is 2.74. The van der Waals surface area contributed by atoms with Gasteiger partial charge in [-0.25, -0.2) is 0 Å². The number of carbonyl (C=O) groups excluding carboxylic acids is 1. The summed E-state index contributed by atoms with van der Waals surface area (Å²) in [5, 5.41) is 2.93. The van der Waals surface area contributed by atoms with Gasteiger partial charge in [-0.1, -0.05) is 18.2 Å². The maximum atomic E-state index is 12.3. The van der Waals surface area contributed by atoms with Crippen LogP contribution in [0.2, 0.25) is 0 Å². The molecular formula is C21H29N2O3+. The van der Waals surface area contributed by atoms with E-state index in [1.54, 1.807) is 7.11 Å². The number of amides is 1. The number of rotatable bonds is 10. The van der Waals surface area contributed by atoms with Crippen molar-refractivity contribution in [3.8, 4) is 11.5 Å². The van der Waals surface area contributed by atoms with Crippen LogP contribution in [0.1, 0.15) is 18.9 Å². The Bertz CT molecular complexity index is 703. The van der Waals surface area contributed by atoms with Crippen LogP contribution in [0.15, 0.2) is 48.5 Å². The van der Waals surface area contributed by atoms with Crippen LogP contribution in [0.25, 0.3) is 0 Å². The number of carbonyl (C=O) groups is 1. The van der Waals surface area contributed by atoms with E-state index in [9.17, 15) is 4.79 Å². The molecule has 5 heteroatoms. The molecule has 0 saturated heterocycles. The summed E-state index contributed by atoms with van der Waals surface area (Å²) in [7, 11) is 1.61. The predicted octanol–water partition coefficient (Wildman–Crippen LogP) is 2.32. The van der Waals surface area contributed by atoms with Gasteiger partial charge in [0.25, 0.3) is 5.91 Å². The minimum atomic E-state index is 0.00899. The number of aryl methyl sites for hydroxylation is 1. The van der Waals surface area contributed by atoms with Gasteiger partial charge in [-0.3, -0.25) is 4.79 Å². The largest absolute Gasteiger partial charge is 0.497 e. The Hall–Kier alpha value is -2.53. The quantitative estimate of drug-likeness (QED) is 0.642. The molecule has 0 aromatic heterocycles. The second-order valence-electron chi connectivity index (χ2n) is 6.33. The standard InChI is InChI=1S/C21H28N2O3/c1-4-23(12-7-13-26-20-11-5-8-17(2)14-20)16-21(24)22-18-9-6-10-19(15-18)25-3/h5-6,8-11,14-15H,4,7,12-13,16H2,1-3H3,(H,22,24)/p+1. The smallest absolute Gasteiger partial charge is 0.279 e. The summed E-state index contributed by atoms with van der Waals surface area (Å²) in [6.07, 6.45) is 0.906. The molecule has 2 N–H and O–H groups in total. The number of anilines is 1. The van der Waals surface area contributed by atoms with E-state index in [2.05, 4.69) is 25.2 Å². The van der Waals surface area contributed by atoms with Crippen LogP contribution in [-0.2, 0) is 4.79 Å². The Labute approximate surface area is 155 Å². The van der Waals surface area contributed by atoms with E-state index >= 15 is 0 Å². The highest BCUT2D eigenvalue weighted by Crippen LogP contribution is 2.16. The monoisotopic (exact) mass is 357 g/mol. The van der Waals surface area contributed by atoms with Crippen LogP contribution in [0.5, 0.6) is 11.5 Å². The molecule has 0 saturated carbocycles. The van der Waals surface area contributed by atoms with Crippen molar-refractivity contribution in [3.63, 3.8) is 0 Å². The van der Waals surface area contributed by atoms with Crippen LogP contribution in [-0.4, -0.2) is 39.3 Å². The van der Waals surface area contributed by atoms with Gasteiger partial charge in [-0.15, -0.1) is 0 Å². The van der Waals surface area contributed by atoms with Crippen molar-refractivity contribution in [1.29, 1.82) is 0 Å². The summed E-state index contributed by atoms with van der Waals surface area (Å²) in [5.74, 6) is 1.64. The number of benzene rings is 2. The molecule has 26 heavy (non-hydrogen) atoms. The zero-order chi connectivity index (χ0) is 18.8. The Balaban J connectivity index is 1.73. The van der Waals surface area contributed by atoms with Gasteiger partial charge in [0.1, 0.15) is 11.5 Å². The van der Waals surface area contributed by atoms with E-state index < -0.39 is 0 Å². The lowest BCUT2D eigenvalue weighted by Gasteiger charge is -2.17. The third-order valence-corrected chi connectivity index (χ3v) is 4.20. The molecule has 2 rings (SSSR count). The first kappa shape index (κ1) is 19.8. The van der Waals surface area contributed by atoms with Crippen molar-refractivity contribution in [2.45, 2.75) is 20.3 Å². The van der Waals surface area contributed by atoms with Crippen LogP contribution in [0.3, 0.4) is 0 Å². The van der Waals surface area contributed by atoms with Gasteiger partial charge in [0.15, 0.2) is 6.54 Å². The van der Waals surface area contributed by atoms with E-state index in [0.717, 1.165) is 36.7 Å². The van der Waals surface area contributed by atoms with Crippen molar-refractivity contribution in [3.05, 3.63) is 54.1 Å². The molecule has 1 atom stereocenters. The average molecular weight is 357 g/mol. The molecule has 0 aliphatic carbocycles. The minimum Gasteiger partial charge on any atom is -0.497 e. The van der Waals surface area contributed by atoms with E-state index in [-0.39, 0.29) is 5.91 Å². The van der Waals surface area contributed by atoms with Crippen molar-refractivity contribution in [2.24, 2.45) is 0 Å². The molecule has 0 aliphatic heterocycles. The van der Waals surface area contributed by atoms with Gasteiger partial charge >= 0.3 is 0 Å². The number of nitrogens with one attached hydrogen (secondary N) is 2. The molecule has 0 heterocycles. The third-order valence-electron chi connectivity index (χ3n) is 4.20. The second-order valence-corrected chi connectivity index (χ2v) is 6.33. The first-order valence-corrected chi connectivity index (χ1v) is 9.07. The zero-order valence-electron chi connectivity index (χ0n) is 15.9. The summed E-state index contributed by atoms with van der Waals surface area (Å²) in [5.41, 5.74) is 1.95. The van der Waals surface area contributed by atoms with E-state index in [1.807, 2.05) is 42.5 Å². The normalized spacial score (nSPS) is 11.7. The molecule has 2 aromatic rings. The van der Waals surface area contributed by atoms with Crippen molar-refractivity contribution >= 4 is 11.6 Å². The maximum absolute atomic E-state index is 12.3. The van der Waals surface area contributed by atoms with Gasteiger partial charge in [-0.05, 0) is 43.7 Å². The van der Waals surface area contributed by atoms with Crippen molar-refractivity contribution < 1.29 is 19.2 Å². The first-order valence-electron chi connectivity index (χ1n) is 9.07. The molecule has 0 spiro atoms. The molecule has 2 aromatic carbocycles. The SMILES string of the molecule is CC[NH+](CCCOc1cccc(C)c1)CC(=O)Nc1cccc(OC)c1. The van der Waals surface area contributed by atoms with Crippen LogP contribution >= 0.6 is 0 Å². The van der Waals surface area contributed by atoms with E-state index in [0.29, 0.717) is 13.2 Å². The van der Waals surface area contributed by atoms with Crippen LogP contribution in [0.4, 0.5) is 5.69 Å². The molecule has 0 aliphatic rings. The number of methoxy groups -OCH3 is 1. The fraction of sp³-hybridized carbons (Fsp3) is 0.381. The summed E-state index contributed by atoms with van der Waals surface area (Å²) >= 11 is 0. The Morgan fingerprint density at radius 2 is 1.88 bits per heavy atom. The molecular weight excluding hydrogens is 328 g/mol. The maximum Gasteiger partial charge on any atom is 0.279 e. The zero-order valence-corrected chi connectivity index (χ0v) is 15.9. The van der Waals surface area contributed by atoms with Crippen molar-refractivity contribution in [1.82, 2.24) is 0 Å². The molecule has 1 amide bonds. The molecule has 5 nitrogen and oxygen atoms in total. The van der Waals surface area contributed by atoms with Crippen molar-refractivity contribution in [2.75, 3.05) is 38.7 Å². The highest BCUT2D eigenvalue weighted by atomic mass is 16.5. The highest BCUT2D eigenvalue weighted by Gasteiger charge is 2.13. The summed E-state index contributed by atoms with van der Waals surface area (Å²) in [6.45, 7) is 7.04. The number of hydrogen-bond acceptors (Lipinski definition) is 3. The van der Waals surface area contributed by atoms with E-state index in [1.165, 1.54) is 10.5 Å². The lowest BCUT2D eigenvalue weighted by Crippen LogP contribution is -3.12. The lowest BCUT2D eigenvalue weighted by molar-refractivity contribution is -0.890. The van der Waals surface area contributed by atoms with Gasteiger partial charge in [0, 0.05) is 18.2 Å². The number of likely N-dealkylation sites (N-methyl/N-ethyl adjacent to an activating group) is 1. The van der Waals surface area contributed by atoms with Crippen LogP contribution < -0.4 is 19.7 Å². The average Bonchev–Trinajstić information content (AvgIpc) is 2.64. The number of quaternary nitrogens is 1. The fourth-order valence-electron chi connectivity index (χ4n) is 2.74. The van der Waals surface area contributed by atoms with Crippen LogP contribution in [0, 0.1) is 6.92 Å². The Kier molecular flexibility index (Phi) is 7.96. The minimum absolute atomic E-state index is 0.00899. The summed E-state index contributed by atoms with van der Waals surface area (Å²) in [6, 6.07) is 15.5. The third kappa shape index (κ3) is 6.76. The highest BCUT2D eigenvalue weighted by molar-refractivity contribution is 5.91. The Morgan fingerprint density at radius 1 is 1.12 bits per heavy atom. The second kappa shape index (κ2) is 10.5. The molecule has 0 fully saturated rings. The van der Waals surface area contributed by atoms with E-state index in [4.69, 9.17) is 9.47 Å². The molecule has 1 unspecified atom stereocenters. The molecule has 0 radical (unpaired) electrons. The summed E-state index contributed by atoms with van der Waals surface area (Å²) in [4.78, 5) is 13.5. The lowest BCUT2D eigenvalue weighted by atomic mass is 10.2. The predicted molar refractivity (Wildman–Crippen MR) is 104 cm³/mol. The van der Waals surface area contributed by atoms with Gasteiger partial charge < -0.3 is 19.7 Å². The Morgan fingerprint density at radius 3 is 2.62 bits per heavy atom. The number of ether oxygens (including phenoxy) is 2. The van der Waals surface area contributed by atoms with Gasteiger partial charge in [0.2, 0.25) is 0 Å². The summed E-state index contributed by atoms with van der Waals surface area (Å²) < 4.78 is 11.0. The molecule has 140 valence electrons.